The fourth-order valence-electron chi connectivity index (χ4n) is 1.42. The summed E-state index contributed by atoms with van der Waals surface area (Å²) in [7, 11) is 0. The van der Waals surface area contributed by atoms with Gasteiger partial charge in [0.15, 0.2) is 0 Å². The minimum absolute atomic E-state index is 0.0943. The molecule has 0 spiro atoms. The van der Waals surface area contributed by atoms with Gasteiger partial charge < -0.3 is 10.1 Å². The van der Waals surface area contributed by atoms with Crippen molar-refractivity contribution < 1.29 is 9.53 Å². The summed E-state index contributed by atoms with van der Waals surface area (Å²) in [5, 5.41) is 2.81. The van der Waals surface area contributed by atoms with Gasteiger partial charge >= 0.3 is 0 Å². The van der Waals surface area contributed by atoms with Gasteiger partial charge in [0, 0.05) is 24.9 Å². The van der Waals surface area contributed by atoms with Gasteiger partial charge in [-0.05, 0) is 46.8 Å². The molecule has 0 unspecified atom stereocenters. The van der Waals surface area contributed by atoms with Crippen LogP contribution in [0.5, 0.6) is 0 Å². The summed E-state index contributed by atoms with van der Waals surface area (Å²) in [5.74, 6) is 0.671. The molecule has 17 heavy (non-hydrogen) atoms. The van der Waals surface area contributed by atoms with Crippen LogP contribution in [0.15, 0.2) is 22.9 Å². The molecule has 0 saturated heterocycles. The first-order valence-electron chi connectivity index (χ1n) is 5.73. The number of aromatic nitrogens is 1. The van der Waals surface area contributed by atoms with Crippen molar-refractivity contribution in [3.05, 3.63) is 28.5 Å². The third kappa shape index (κ3) is 4.44. The van der Waals surface area contributed by atoms with Gasteiger partial charge in [0.05, 0.1) is 6.61 Å². The molecule has 1 amide bonds. The number of hydrogen-bond acceptors (Lipinski definition) is 3. The highest BCUT2D eigenvalue weighted by atomic mass is 79.9. The number of amides is 1. The van der Waals surface area contributed by atoms with Crippen LogP contribution in [0.4, 0.5) is 0 Å². The topological polar surface area (TPSA) is 51.2 Å². The predicted octanol–water partition coefficient (Wildman–Crippen LogP) is 2.00. The molecule has 0 radical (unpaired) electrons. The van der Waals surface area contributed by atoms with Gasteiger partial charge in [0.1, 0.15) is 4.60 Å². The number of carbonyl (C=O) groups is 1. The Bertz CT molecular complexity index is 394. The van der Waals surface area contributed by atoms with E-state index >= 15 is 0 Å². The molecule has 1 aliphatic carbocycles. The molecule has 5 heteroatoms. The maximum Gasteiger partial charge on any atom is 0.251 e. The molecule has 0 aliphatic heterocycles. The van der Waals surface area contributed by atoms with Crippen LogP contribution in [0.1, 0.15) is 23.2 Å². The fourth-order valence-corrected chi connectivity index (χ4v) is 1.78. The van der Waals surface area contributed by atoms with Crippen molar-refractivity contribution >= 4 is 21.8 Å². The number of hydrogen-bond donors (Lipinski definition) is 1. The Morgan fingerprint density at radius 2 is 2.41 bits per heavy atom. The minimum atomic E-state index is -0.0943. The van der Waals surface area contributed by atoms with E-state index in [9.17, 15) is 4.79 Å². The second-order valence-corrected chi connectivity index (χ2v) is 4.95. The lowest BCUT2D eigenvalue weighted by atomic mass is 10.2. The minimum Gasteiger partial charge on any atom is -0.379 e. The summed E-state index contributed by atoms with van der Waals surface area (Å²) in [6.07, 6.45) is 4.18. The Morgan fingerprint density at radius 1 is 1.59 bits per heavy atom. The average molecular weight is 299 g/mol. The summed E-state index contributed by atoms with van der Waals surface area (Å²) >= 11 is 3.23. The highest BCUT2D eigenvalue weighted by molar-refractivity contribution is 9.10. The average Bonchev–Trinajstić information content (AvgIpc) is 3.12. The van der Waals surface area contributed by atoms with Gasteiger partial charge in [0.25, 0.3) is 5.91 Å². The van der Waals surface area contributed by atoms with E-state index in [1.807, 2.05) is 0 Å². The van der Waals surface area contributed by atoms with E-state index in [0.29, 0.717) is 23.3 Å². The molecule has 1 N–H and O–H groups in total. The number of pyridine rings is 1. The first-order chi connectivity index (χ1) is 8.25. The van der Waals surface area contributed by atoms with Crippen LogP contribution in [0.2, 0.25) is 0 Å². The highest BCUT2D eigenvalue weighted by Crippen LogP contribution is 2.28. The molecule has 0 atom stereocenters. The number of nitrogens with zero attached hydrogens (tertiary/aromatic N) is 1. The number of rotatable bonds is 6. The molecule has 1 aromatic heterocycles. The molecular weight excluding hydrogens is 284 g/mol. The summed E-state index contributed by atoms with van der Waals surface area (Å²) in [6.45, 7) is 1.96. The van der Waals surface area contributed by atoms with E-state index in [-0.39, 0.29) is 5.91 Å². The van der Waals surface area contributed by atoms with E-state index in [1.165, 1.54) is 12.8 Å². The summed E-state index contributed by atoms with van der Waals surface area (Å²) < 4.78 is 6.09. The van der Waals surface area contributed by atoms with E-state index in [0.717, 1.165) is 12.5 Å². The van der Waals surface area contributed by atoms with Gasteiger partial charge in [-0.2, -0.15) is 0 Å². The van der Waals surface area contributed by atoms with Crippen molar-refractivity contribution in [2.45, 2.75) is 12.8 Å². The van der Waals surface area contributed by atoms with Crippen LogP contribution in [0.3, 0.4) is 0 Å². The summed E-state index contributed by atoms with van der Waals surface area (Å²) in [6, 6.07) is 3.38. The van der Waals surface area contributed by atoms with Crippen LogP contribution < -0.4 is 5.32 Å². The third-order valence-electron chi connectivity index (χ3n) is 2.57. The number of carbonyl (C=O) groups excluding carboxylic acids is 1. The third-order valence-corrected chi connectivity index (χ3v) is 3.00. The standard InChI is InChI=1S/C12H15BrN2O2/c13-11-7-10(3-4-14-11)12(16)15-5-6-17-8-9-1-2-9/h3-4,7,9H,1-2,5-6,8H2,(H,15,16). The van der Waals surface area contributed by atoms with E-state index in [1.54, 1.807) is 18.3 Å². The van der Waals surface area contributed by atoms with Gasteiger partial charge in [0.2, 0.25) is 0 Å². The smallest absolute Gasteiger partial charge is 0.251 e. The van der Waals surface area contributed by atoms with Gasteiger partial charge in [-0.15, -0.1) is 0 Å². The summed E-state index contributed by atoms with van der Waals surface area (Å²) in [4.78, 5) is 15.7. The normalized spacial score (nSPS) is 14.6. The van der Waals surface area contributed by atoms with Crippen molar-refractivity contribution in [1.29, 1.82) is 0 Å². The lowest BCUT2D eigenvalue weighted by Gasteiger charge is -2.06. The van der Waals surface area contributed by atoms with Crippen molar-refractivity contribution in [3.8, 4) is 0 Å². The molecule has 1 aliphatic rings. The number of ether oxygens (including phenoxy) is 1. The van der Waals surface area contributed by atoms with Crippen molar-refractivity contribution in [3.63, 3.8) is 0 Å². The van der Waals surface area contributed by atoms with E-state index < -0.39 is 0 Å². The monoisotopic (exact) mass is 298 g/mol. The Kier molecular flexibility index (Phi) is 4.50. The lowest BCUT2D eigenvalue weighted by Crippen LogP contribution is -2.27. The highest BCUT2D eigenvalue weighted by Gasteiger charge is 2.20. The van der Waals surface area contributed by atoms with Gasteiger partial charge in [-0.3, -0.25) is 4.79 Å². The van der Waals surface area contributed by atoms with Crippen molar-refractivity contribution in [1.82, 2.24) is 10.3 Å². The Balaban J connectivity index is 1.65. The Hall–Kier alpha value is -0.940. The fraction of sp³-hybridized carbons (Fsp3) is 0.500. The lowest BCUT2D eigenvalue weighted by molar-refractivity contribution is 0.0906. The van der Waals surface area contributed by atoms with Crippen LogP contribution in [0.25, 0.3) is 0 Å². The molecule has 2 rings (SSSR count). The largest absolute Gasteiger partial charge is 0.379 e. The van der Waals surface area contributed by atoms with Crippen LogP contribution in [0, 0.1) is 5.92 Å². The predicted molar refractivity (Wildman–Crippen MR) is 67.8 cm³/mol. The summed E-state index contributed by atoms with van der Waals surface area (Å²) in [5.41, 5.74) is 0.606. The second kappa shape index (κ2) is 6.12. The van der Waals surface area contributed by atoms with E-state index in [2.05, 4.69) is 26.2 Å². The Morgan fingerprint density at radius 3 is 3.12 bits per heavy atom. The maximum atomic E-state index is 11.7. The molecule has 4 nitrogen and oxygen atoms in total. The number of nitrogens with one attached hydrogen (secondary N) is 1. The second-order valence-electron chi connectivity index (χ2n) is 4.14. The van der Waals surface area contributed by atoms with E-state index in [4.69, 9.17) is 4.74 Å². The SMILES string of the molecule is O=C(NCCOCC1CC1)c1ccnc(Br)c1. The van der Waals surface area contributed by atoms with Crippen molar-refractivity contribution in [2.75, 3.05) is 19.8 Å². The zero-order valence-electron chi connectivity index (χ0n) is 9.49. The molecular formula is C12H15BrN2O2. The molecule has 1 saturated carbocycles. The van der Waals surface area contributed by atoms with Gasteiger partial charge in [-0.25, -0.2) is 4.98 Å². The van der Waals surface area contributed by atoms with Crippen LogP contribution >= 0.6 is 15.9 Å². The van der Waals surface area contributed by atoms with Crippen LogP contribution in [-0.2, 0) is 4.74 Å². The molecule has 1 fully saturated rings. The van der Waals surface area contributed by atoms with Gasteiger partial charge in [-0.1, -0.05) is 0 Å². The first kappa shape index (κ1) is 12.5. The molecule has 0 bridgehead atoms. The maximum absolute atomic E-state index is 11.7. The first-order valence-corrected chi connectivity index (χ1v) is 6.52. The zero-order chi connectivity index (χ0) is 12.1. The molecule has 1 heterocycles. The van der Waals surface area contributed by atoms with Crippen molar-refractivity contribution in [2.24, 2.45) is 5.92 Å². The Labute approximate surface area is 109 Å². The van der Waals surface area contributed by atoms with Crippen LogP contribution in [-0.4, -0.2) is 30.6 Å². The molecule has 92 valence electrons. The molecule has 1 aromatic rings. The molecule has 0 aromatic carbocycles. The zero-order valence-corrected chi connectivity index (χ0v) is 11.1. The number of halogens is 1. The quantitative estimate of drug-likeness (QED) is 0.645.